The number of aliphatic hydroxyl groups excluding tert-OH is 3. The maximum atomic E-state index is 14.8. The average Bonchev–Trinajstić information content (AvgIpc) is 3.30. The monoisotopic (exact) mass is 1310 g/mol. The molecule has 0 unspecified atom stereocenters. The minimum atomic E-state index is -3.12. The Kier molecular flexibility index (Phi) is 22.4. The molecule has 2 aliphatic heterocycles. The van der Waals surface area contributed by atoms with E-state index >= 15 is 0 Å². The molecule has 3 aromatic carbocycles. The Morgan fingerprint density at radius 2 is 1.17 bits per heavy atom. The van der Waals surface area contributed by atoms with E-state index in [1.165, 1.54) is 38.1 Å². The fourth-order valence-electron chi connectivity index (χ4n) is 8.09. The van der Waals surface area contributed by atoms with E-state index in [4.69, 9.17) is 31.4 Å². The second-order valence-corrected chi connectivity index (χ2v) is 32.7. The molecule has 2 heterocycles. The van der Waals surface area contributed by atoms with E-state index in [9.17, 15) is 41.0 Å². The van der Waals surface area contributed by atoms with Crippen molar-refractivity contribution < 1.29 is 50.6 Å². The number of nitrogens with two attached hydrogens (primary N) is 2. The number of rotatable bonds is 14. The third-order valence-electron chi connectivity index (χ3n) is 12.7. The molecule has 7 N–H and O–H groups in total. The number of benzene rings is 3. The molecule has 16 nitrogen and oxygen atoms in total. The number of halogens is 6. The van der Waals surface area contributed by atoms with Gasteiger partial charge in [-0.2, -0.15) is 5.26 Å². The zero-order valence-electron chi connectivity index (χ0n) is 45.0. The zero-order valence-corrected chi connectivity index (χ0v) is 52.2. The molecular weight excluding hydrogens is 1250 g/mol. The van der Waals surface area contributed by atoms with Gasteiger partial charge < -0.3 is 31.5 Å². The van der Waals surface area contributed by atoms with Gasteiger partial charge in [-0.25, -0.2) is 38.9 Å². The van der Waals surface area contributed by atoms with Crippen LogP contribution in [-0.4, -0.2) is 122 Å². The number of ether oxygens (including phenoxy) is 1. The number of hydrogen-bond acceptors (Lipinski definition) is 16. The van der Waals surface area contributed by atoms with Crippen LogP contribution in [0.1, 0.15) is 106 Å². The summed E-state index contributed by atoms with van der Waals surface area (Å²) in [7, 11) is -8.97. The van der Waals surface area contributed by atoms with Crippen LogP contribution in [0.5, 0.6) is 0 Å². The van der Waals surface area contributed by atoms with Crippen LogP contribution in [0.3, 0.4) is 0 Å². The highest BCUT2D eigenvalue weighted by atomic mass is 79.9. The number of hydrogen-bond donors (Lipinski definition) is 5. The minimum absolute atomic E-state index is 0.0149. The van der Waals surface area contributed by atoms with Crippen molar-refractivity contribution in [2.24, 2.45) is 34.5 Å². The fourth-order valence-corrected chi connectivity index (χ4v) is 16.6. The second-order valence-electron chi connectivity index (χ2n) is 21.4. The van der Waals surface area contributed by atoms with Crippen molar-refractivity contribution in [1.29, 1.82) is 5.26 Å². The Morgan fingerprint density at radius 1 is 0.750 bits per heavy atom. The van der Waals surface area contributed by atoms with Crippen LogP contribution in [0.4, 0.5) is 13.2 Å². The van der Waals surface area contributed by atoms with Crippen LogP contribution < -0.4 is 11.5 Å². The molecule has 0 saturated carbocycles. The van der Waals surface area contributed by atoms with Crippen molar-refractivity contribution in [1.82, 2.24) is 0 Å². The van der Waals surface area contributed by atoms with Gasteiger partial charge in [-0.3, -0.25) is 14.8 Å². The Labute approximate surface area is 472 Å². The molecule has 0 aliphatic carbocycles. The van der Waals surface area contributed by atoms with Gasteiger partial charge >= 0.3 is 5.97 Å². The first-order chi connectivity index (χ1) is 34.7. The highest BCUT2D eigenvalue weighted by Gasteiger charge is 2.50. The average molecular weight is 1320 g/mol. The maximum Gasteiger partial charge on any atom is 0.312 e. The molecular formula is C51H72Br3F3N8O8S3. The van der Waals surface area contributed by atoms with Crippen LogP contribution in [0, 0.1) is 28.8 Å². The number of carbonyl (C=O) groups is 1. The lowest BCUT2D eigenvalue weighted by atomic mass is 9.92. The molecule has 0 bridgehead atoms. The summed E-state index contributed by atoms with van der Waals surface area (Å²) in [4.78, 5) is 21.8. The van der Waals surface area contributed by atoms with E-state index in [-0.39, 0.29) is 80.1 Å². The minimum Gasteiger partial charge on any atom is -0.460 e. The Balaban J connectivity index is 0.000000304. The van der Waals surface area contributed by atoms with Gasteiger partial charge in [0.05, 0.1) is 114 Å². The summed E-state index contributed by atoms with van der Waals surface area (Å²) < 4.78 is 101. The summed E-state index contributed by atoms with van der Waals surface area (Å²) in [5.41, 5.74) is 9.18. The molecule has 0 spiro atoms. The smallest absolute Gasteiger partial charge is 0.312 e. The van der Waals surface area contributed by atoms with Crippen molar-refractivity contribution in [2.45, 2.75) is 126 Å². The maximum absolute atomic E-state index is 14.8. The van der Waals surface area contributed by atoms with Crippen LogP contribution >= 0.6 is 47.8 Å². The van der Waals surface area contributed by atoms with Gasteiger partial charge in [-0.1, -0.05) is 47.8 Å². The van der Waals surface area contributed by atoms with Gasteiger partial charge in [-0.05, 0) is 138 Å². The lowest BCUT2D eigenvalue weighted by Crippen LogP contribution is -2.55. The molecule has 0 radical (unpaired) electrons. The highest BCUT2D eigenvalue weighted by Crippen LogP contribution is 2.43. The van der Waals surface area contributed by atoms with Gasteiger partial charge in [0.1, 0.15) is 43.9 Å². The largest absolute Gasteiger partial charge is 0.460 e. The Hall–Kier alpha value is -3.32. The first-order valence-corrected chi connectivity index (χ1v) is 31.3. The number of nitriles is 1. The number of amidine groups is 1. The number of carbonyl (C=O) groups excluding carboxylic acids is 1. The SMILES string of the molecule is CC(C)(C#N)[S@](=O)(C[C@](C)(N)c1cc(Br)ccc1F)=NCCO.CC(C)(C)OC(=O)CC1=N[C@](C)(c2cc(Br)ccc2F)C[S@](=O)(=NCCO)C1(C)C.CC1(C)C(N)=N[C@](C)(c2cc(Br)ccc2F)C[S@]1(=O)=NCCO. The van der Waals surface area contributed by atoms with Crippen molar-refractivity contribution >= 4 is 94.5 Å². The number of esters is 1. The second kappa shape index (κ2) is 25.4. The lowest BCUT2D eigenvalue weighted by molar-refractivity contribution is -0.153. The van der Waals surface area contributed by atoms with Crippen molar-refractivity contribution in [2.75, 3.05) is 56.7 Å². The standard InChI is InChI=1S/C21H30BrFN2O4S.2C15H21BrFN3O2S/c1-19(2,3)29-18(27)12-17-20(4,5)30(28,24-9-10-26)13-21(6,25-17)15-11-14(22)7-8-16(15)23;1-14(2)13(18)20-15(3,9-23(14,22)19-6-7-21)11-8-10(16)4-5-12(11)17;1-14(2,9-18)23(22,20-6-7-21)10-15(3,19)12-8-11(16)4-5-13(12)17/h7-8,11,26H,9-10,12-13H2,1-6H3;4-5,8,21H,6-7,9H2,1-3H3,(H2,18,20);4-5,8,21H,6-7,10,19H2,1-3H3/t21-,30+;2*15-,23+/m000/s1. The van der Waals surface area contributed by atoms with E-state index in [2.05, 4.69) is 65.9 Å². The number of nitrogens with zero attached hydrogens (tertiary/aromatic N) is 6. The first kappa shape index (κ1) is 67.0. The van der Waals surface area contributed by atoms with Crippen molar-refractivity contribution in [3.63, 3.8) is 0 Å². The number of aliphatic imine (C=N–C) groups is 2. The van der Waals surface area contributed by atoms with Crippen LogP contribution in [-0.2, 0) is 55.3 Å². The van der Waals surface area contributed by atoms with Gasteiger partial charge in [-0.15, -0.1) is 0 Å². The molecule has 0 fully saturated rings. The molecule has 76 heavy (non-hydrogen) atoms. The zero-order chi connectivity index (χ0) is 58.3. The highest BCUT2D eigenvalue weighted by molar-refractivity contribution is 9.11. The summed E-state index contributed by atoms with van der Waals surface area (Å²) in [6.45, 7) is 19.3. The van der Waals surface area contributed by atoms with Gasteiger partial charge in [0.15, 0.2) is 0 Å². The quantitative estimate of drug-likeness (QED) is 0.0949. The summed E-state index contributed by atoms with van der Waals surface area (Å²) in [5.74, 6) is -1.94. The van der Waals surface area contributed by atoms with E-state index < -0.39 is 89.1 Å². The van der Waals surface area contributed by atoms with E-state index in [0.29, 0.717) is 24.7 Å². The molecule has 2 aliphatic rings. The van der Waals surface area contributed by atoms with E-state index in [0.717, 1.165) is 0 Å². The Bertz CT molecular complexity index is 3140. The predicted molar refractivity (Wildman–Crippen MR) is 308 cm³/mol. The molecule has 25 heteroatoms. The third kappa shape index (κ3) is 15.7. The predicted octanol–water partition coefficient (Wildman–Crippen LogP) is 9.17. The van der Waals surface area contributed by atoms with Crippen LogP contribution in [0.2, 0.25) is 0 Å². The van der Waals surface area contributed by atoms with E-state index in [1.807, 2.05) is 6.07 Å². The van der Waals surface area contributed by atoms with Gasteiger partial charge in [0, 0.05) is 35.8 Å². The summed E-state index contributed by atoms with van der Waals surface area (Å²) in [6.07, 6.45) is -0.179. The third-order valence-corrected chi connectivity index (χ3v) is 24.2. The lowest BCUT2D eigenvalue weighted by Gasteiger charge is -2.42. The molecule has 6 atom stereocenters. The molecule has 0 amide bonds. The van der Waals surface area contributed by atoms with Crippen molar-refractivity contribution in [3.8, 4) is 6.07 Å². The molecule has 3 aromatic rings. The summed E-state index contributed by atoms with van der Waals surface area (Å²) in [6, 6.07) is 15.4. The van der Waals surface area contributed by atoms with Crippen molar-refractivity contribution in [3.05, 3.63) is 102 Å². The normalized spacial score (nSPS) is 24.5. The van der Waals surface area contributed by atoms with E-state index in [1.54, 1.807) is 99.6 Å². The van der Waals surface area contributed by atoms with Crippen LogP contribution in [0.25, 0.3) is 0 Å². The molecule has 0 saturated heterocycles. The number of aliphatic hydroxyl groups is 3. The molecule has 0 aromatic heterocycles. The Morgan fingerprint density at radius 3 is 1.61 bits per heavy atom. The fraction of sp³-hybridized carbons (Fsp3) is 0.569. The molecule has 424 valence electrons. The van der Waals surface area contributed by atoms with Gasteiger partial charge in [0.2, 0.25) is 0 Å². The topological polar surface area (TPSA) is 276 Å². The first-order valence-electron chi connectivity index (χ1n) is 23.8. The molecule has 5 rings (SSSR count). The summed E-state index contributed by atoms with van der Waals surface area (Å²) >= 11 is 9.93. The summed E-state index contributed by atoms with van der Waals surface area (Å²) in [5, 5.41) is 36.6. The van der Waals surface area contributed by atoms with Crippen LogP contribution in [0.15, 0.2) is 91.1 Å². The van der Waals surface area contributed by atoms with Gasteiger partial charge in [0.25, 0.3) is 0 Å².